The van der Waals surface area contributed by atoms with Crippen LogP contribution in [0, 0.1) is 0 Å². The fourth-order valence-corrected chi connectivity index (χ4v) is 2.18. The van der Waals surface area contributed by atoms with Crippen molar-refractivity contribution >= 4 is 0 Å². The van der Waals surface area contributed by atoms with E-state index in [1.54, 1.807) is 0 Å². The predicted octanol–water partition coefficient (Wildman–Crippen LogP) is -0.389. The molecule has 18 heavy (non-hydrogen) atoms. The maximum atomic E-state index is 9.88. The Labute approximate surface area is 111 Å². The van der Waals surface area contributed by atoms with E-state index in [1.807, 2.05) is 0 Å². The lowest BCUT2D eigenvalue weighted by molar-refractivity contribution is 0.0378. The van der Waals surface area contributed by atoms with Crippen molar-refractivity contribution < 1.29 is 9.84 Å². The van der Waals surface area contributed by atoms with Crippen molar-refractivity contribution in [1.82, 2.24) is 15.1 Å². The molecule has 0 aromatic rings. The van der Waals surface area contributed by atoms with E-state index in [1.165, 1.54) is 0 Å². The maximum absolute atomic E-state index is 9.88. The van der Waals surface area contributed by atoms with Gasteiger partial charge in [0.05, 0.1) is 19.3 Å². The van der Waals surface area contributed by atoms with Gasteiger partial charge in [-0.15, -0.1) is 0 Å². The monoisotopic (exact) mass is 259 g/mol. The molecule has 2 N–H and O–H groups in total. The van der Waals surface area contributed by atoms with Crippen LogP contribution in [0.25, 0.3) is 0 Å². The van der Waals surface area contributed by atoms with Gasteiger partial charge in [-0.1, -0.05) is 13.8 Å². The molecule has 0 aromatic carbocycles. The van der Waals surface area contributed by atoms with E-state index in [9.17, 15) is 5.11 Å². The third-order valence-corrected chi connectivity index (χ3v) is 3.45. The number of hydrogen-bond donors (Lipinski definition) is 2. The van der Waals surface area contributed by atoms with Crippen LogP contribution in [0.2, 0.25) is 0 Å². The molecule has 0 radical (unpaired) electrons. The third-order valence-electron chi connectivity index (χ3n) is 3.45. The van der Waals surface area contributed by atoms with Gasteiger partial charge in [0.1, 0.15) is 0 Å². The smallest absolute Gasteiger partial charge is 0.0791 e. The molecule has 1 aliphatic rings. The van der Waals surface area contributed by atoms with Gasteiger partial charge in [-0.3, -0.25) is 4.90 Å². The zero-order valence-electron chi connectivity index (χ0n) is 11.9. The number of rotatable bonds is 9. The minimum Gasteiger partial charge on any atom is -0.390 e. The summed E-state index contributed by atoms with van der Waals surface area (Å²) < 4.78 is 5.31. The quantitative estimate of drug-likeness (QED) is 0.552. The number of nitrogens with one attached hydrogen (secondary N) is 1. The summed E-state index contributed by atoms with van der Waals surface area (Å²) in [6, 6.07) is 0. The number of morpholine rings is 1. The second-order valence-corrected chi connectivity index (χ2v) is 4.80. The Balaban J connectivity index is 1.99. The lowest BCUT2D eigenvalue weighted by Crippen LogP contribution is -2.43. The van der Waals surface area contributed by atoms with Crippen molar-refractivity contribution in [3.8, 4) is 0 Å². The van der Waals surface area contributed by atoms with E-state index in [4.69, 9.17) is 4.74 Å². The summed E-state index contributed by atoms with van der Waals surface area (Å²) in [6.07, 6.45) is -0.269. The molecule has 0 aliphatic carbocycles. The highest BCUT2D eigenvalue weighted by Crippen LogP contribution is 1.95. The Hall–Kier alpha value is -0.200. The average molecular weight is 259 g/mol. The zero-order chi connectivity index (χ0) is 13.2. The first-order chi connectivity index (χ1) is 8.76. The van der Waals surface area contributed by atoms with Gasteiger partial charge in [0, 0.05) is 39.3 Å². The highest BCUT2D eigenvalue weighted by Gasteiger charge is 2.11. The van der Waals surface area contributed by atoms with Gasteiger partial charge in [-0.25, -0.2) is 0 Å². The van der Waals surface area contributed by atoms with Crippen molar-refractivity contribution in [1.29, 1.82) is 0 Å². The summed E-state index contributed by atoms with van der Waals surface area (Å²) >= 11 is 0. The lowest BCUT2D eigenvalue weighted by Gasteiger charge is -2.27. The molecule has 5 heteroatoms. The third kappa shape index (κ3) is 6.66. The van der Waals surface area contributed by atoms with E-state index >= 15 is 0 Å². The molecule has 1 heterocycles. The van der Waals surface area contributed by atoms with Gasteiger partial charge < -0.3 is 20.1 Å². The van der Waals surface area contributed by atoms with E-state index < -0.39 is 0 Å². The van der Waals surface area contributed by atoms with Gasteiger partial charge in [0.2, 0.25) is 0 Å². The van der Waals surface area contributed by atoms with Crippen molar-refractivity contribution in [2.24, 2.45) is 0 Å². The molecule has 1 rings (SSSR count). The van der Waals surface area contributed by atoms with Crippen molar-refractivity contribution in [3.63, 3.8) is 0 Å². The Kier molecular flexibility index (Phi) is 8.54. The number of nitrogens with zero attached hydrogens (tertiary/aromatic N) is 2. The highest BCUT2D eigenvalue weighted by molar-refractivity contribution is 4.67. The fourth-order valence-electron chi connectivity index (χ4n) is 2.18. The summed E-state index contributed by atoms with van der Waals surface area (Å²) in [4.78, 5) is 4.64. The van der Waals surface area contributed by atoms with Gasteiger partial charge in [0.25, 0.3) is 0 Å². The van der Waals surface area contributed by atoms with Crippen molar-refractivity contribution in [3.05, 3.63) is 0 Å². The molecule has 108 valence electrons. The molecule has 1 unspecified atom stereocenters. The highest BCUT2D eigenvalue weighted by atomic mass is 16.5. The average Bonchev–Trinajstić information content (AvgIpc) is 2.42. The van der Waals surface area contributed by atoms with Crippen LogP contribution in [-0.4, -0.2) is 86.6 Å². The molecule has 1 fully saturated rings. The van der Waals surface area contributed by atoms with Crippen LogP contribution in [0.4, 0.5) is 0 Å². The SMILES string of the molecule is CCN(CC)CC(O)CNCCN1CCOCC1. The van der Waals surface area contributed by atoms with Crippen LogP contribution >= 0.6 is 0 Å². The lowest BCUT2D eigenvalue weighted by atomic mass is 10.3. The van der Waals surface area contributed by atoms with Crippen molar-refractivity contribution in [2.45, 2.75) is 20.0 Å². The summed E-state index contributed by atoms with van der Waals surface area (Å²) in [5, 5.41) is 13.2. The van der Waals surface area contributed by atoms with Gasteiger partial charge >= 0.3 is 0 Å². The molecule has 0 saturated carbocycles. The maximum Gasteiger partial charge on any atom is 0.0791 e. The van der Waals surface area contributed by atoms with Crippen LogP contribution in [0.1, 0.15) is 13.8 Å². The molecule has 1 atom stereocenters. The largest absolute Gasteiger partial charge is 0.390 e. The van der Waals surface area contributed by atoms with Gasteiger partial charge in [0.15, 0.2) is 0 Å². The topological polar surface area (TPSA) is 48.0 Å². The first-order valence-corrected chi connectivity index (χ1v) is 7.17. The number of hydrogen-bond acceptors (Lipinski definition) is 5. The number of likely N-dealkylation sites (N-methyl/N-ethyl adjacent to an activating group) is 1. The van der Waals surface area contributed by atoms with E-state index in [0.717, 1.165) is 59.0 Å². The Morgan fingerprint density at radius 1 is 1.28 bits per heavy atom. The van der Waals surface area contributed by atoms with E-state index in [2.05, 4.69) is 29.0 Å². The number of aliphatic hydroxyl groups is 1. The van der Waals surface area contributed by atoms with Crippen molar-refractivity contribution in [2.75, 3.05) is 65.6 Å². The van der Waals surface area contributed by atoms with Gasteiger partial charge in [-0.05, 0) is 13.1 Å². The van der Waals surface area contributed by atoms with E-state index in [0.29, 0.717) is 6.54 Å². The second kappa shape index (κ2) is 9.69. The van der Waals surface area contributed by atoms with Crippen LogP contribution in [0.3, 0.4) is 0 Å². The first kappa shape index (κ1) is 15.9. The number of aliphatic hydroxyl groups excluding tert-OH is 1. The Bertz CT molecular complexity index is 195. The normalized spacial score (nSPS) is 19.3. The summed E-state index contributed by atoms with van der Waals surface area (Å²) in [6.45, 7) is 13.4. The van der Waals surface area contributed by atoms with Crippen LogP contribution in [0.5, 0.6) is 0 Å². The minimum absolute atomic E-state index is 0.269. The zero-order valence-corrected chi connectivity index (χ0v) is 11.9. The molecular weight excluding hydrogens is 230 g/mol. The molecule has 0 bridgehead atoms. The molecule has 1 aliphatic heterocycles. The first-order valence-electron chi connectivity index (χ1n) is 7.17. The summed E-state index contributed by atoms with van der Waals surface area (Å²) in [7, 11) is 0. The van der Waals surface area contributed by atoms with Gasteiger partial charge in [-0.2, -0.15) is 0 Å². The summed E-state index contributed by atoms with van der Waals surface area (Å²) in [5.74, 6) is 0. The minimum atomic E-state index is -0.269. The molecule has 5 nitrogen and oxygen atoms in total. The standard InChI is InChI=1S/C13H29N3O2/c1-3-15(4-2)12-13(17)11-14-5-6-16-7-9-18-10-8-16/h13-14,17H,3-12H2,1-2H3. The summed E-state index contributed by atoms with van der Waals surface area (Å²) in [5.41, 5.74) is 0. The Morgan fingerprint density at radius 3 is 2.56 bits per heavy atom. The molecular formula is C13H29N3O2. The van der Waals surface area contributed by atoms with Crippen LogP contribution < -0.4 is 5.32 Å². The molecule has 1 saturated heterocycles. The predicted molar refractivity (Wildman–Crippen MR) is 73.9 cm³/mol. The molecule has 0 amide bonds. The van der Waals surface area contributed by atoms with E-state index in [-0.39, 0.29) is 6.10 Å². The fraction of sp³-hybridized carbons (Fsp3) is 1.00. The van der Waals surface area contributed by atoms with Crippen LogP contribution in [-0.2, 0) is 4.74 Å². The van der Waals surface area contributed by atoms with Crippen LogP contribution in [0.15, 0.2) is 0 Å². The molecule has 0 spiro atoms. The second-order valence-electron chi connectivity index (χ2n) is 4.80. The molecule has 0 aromatic heterocycles. The number of ether oxygens (including phenoxy) is 1. The Morgan fingerprint density at radius 2 is 1.94 bits per heavy atom.